The van der Waals surface area contributed by atoms with Crippen LogP contribution in [0, 0.1) is 4.77 Å². The molecule has 4 rings (SSSR count). The van der Waals surface area contributed by atoms with E-state index < -0.39 is 16.1 Å². The van der Waals surface area contributed by atoms with Gasteiger partial charge in [0.25, 0.3) is 0 Å². The van der Waals surface area contributed by atoms with Crippen molar-refractivity contribution in [3.05, 3.63) is 52.1 Å². The molecule has 1 unspecified atom stereocenters. The highest BCUT2D eigenvalue weighted by Gasteiger charge is 2.27. The van der Waals surface area contributed by atoms with Gasteiger partial charge in [-0.15, -0.1) is 11.3 Å². The van der Waals surface area contributed by atoms with Crippen LogP contribution in [-0.2, 0) is 21.4 Å². The van der Waals surface area contributed by atoms with Crippen LogP contribution in [0.5, 0.6) is 0 Å². The first-order valence-corrected chi connectivity index (χ1v) is 12.7. The summed E-state index contributed by atoms with van der Waals surface area (Å²) in [5.41, 5.74) is 0.815. The molecule has 0 bridgehead atoms. The van der Waals surface area contributed by atoms with E-state index in [4.69, 9.17) is 12.2 Å². The maximum Gasteiger partial charge on any atom is 0.243 e. The van der Waals surface area contributed by atoms with E-state index in [-0.39, 0.29) is 17.3 Å². The summed E-state index contributed by atoms with van der Waals surface area (Å²) < 4.78 is 28.9. The first-order valence-electron chi connectivity index (χ1n) is 9.95. The molecule has 3 heterocycles. The zero-order valence-corrected chi connectivity index (χ0v) is 19.4. The van der Waals surface area contributed by atoms with Crippen LogP contribution in [0.2, 0.25) is 0 Å². The lowest BCUT2D eigenvalue weighted by Crippen LogP contribution is -2.31. The van der Waals surface area contributed by atoms with Crippen molar-refractivity contribution in [3.63, 3.8) is 0 Å². The highest BCUT2D eigenvalue weighted by atomic mass is 32.2. The van der Waals surface area contributed by atoms with E-state index in [2.05, 4.69) is 15.5 Å². The van der Waals surface area contributed by atoms with E-state index in [9.17, 15) is 13.2 Å². The standard InChI is InChI=1S/C20H23N5O3S3/c1-14(25-18(22-23-20(25)29)17-5-4-12-30-17)19(26)21-13-15-6-8-16(9-7-15)31(27,28)24-10-2-3-11-24/h4-9,12,14H,2-3,10-11,13H2,1H3,(H,21,26)(H,23,29). The van der Waals surface area contributed by atoms with Gasteiger partial charge in [-0.25, -0.2) is 8.42 Å². The number of nitrogens with zero attached hydrogens (tertiary/aromatic N) is 3. The third kappa shape index (κ3) is 4.49. The van der Waals surface area contributed by atoms with Crippen LogP contribution in [0.15, 0.2) is 46.7 Å². The second-order valence-electron chi connectivity index (χ2n) is 7.35. The van der Waals surface area contributed by atoms with Gasteiger partial charge in [-0.2, -0.15) is 9.40 Å². The number of nitrogens with one attached hydrogen (secondary N) is 2. The average molecular weight is 478 g/mol. The molecule has 0 aliphatic carbocycles. The van der Waals surface area contributed by atoms with E-state index in [1.165, 1.54) is 15.6 Å². The number of rotatable bonds is 7. The van der Waals surface area contributed by atoms with E-state index in [1.807, 2.05) is 17.5 Å². The summed E-state index contributed by atoms with van der Waals surface area (Å²) in [7, 11) is -3.44. The van der Waals surface area contributed by atoms with Crippen molar-refractivity contribution in [2.24, 2.45) is 0 Å². The van der Waals surface area contributed by atoms with Crippen molar-refractivity contribution >= 4 is 39.5 Å². The minimum Gasteiger partial charge on any atom is -0.350 e. The Hall–Kier alpha value is -2.34. The van der Waals surface area contributed by atoms with Gasteiger partial charge in [-0.1, -0.05) is 18.2 Å². The normalized spacial score (nSPS) is 15.8. The van der Waals surface area contributed by atoms with Crippen molar-refractivity contribution in [2.45, 2.75) is 37.2 Å². The first kappa shape index (κ1) is 21.9. The van der Waals surface area contributed by atoms with Gasteiger partial charge in [0, 0.05) is 19.6 Å². The first-order chi connectivity index (χ1) is 14.9. The van der Waals surface area contributed by atoms with Crippen molar-refractivity contribution in [2.75, 3.05) is 13.1 Å². The minimum atomic E-state index is -3.44. The minimum absolute atomic E-state index is 0.205. The number of hydrogen-bond donors (Lipinski definition) is 2. The molecule has 164 valence electrons. The third-order valence-electron chi connectivity index (χ3n) is 5.31. The van der Waals surface area contributed by atoms with Crippen LogP contribution >= 0.6 is 23.6 Å². The molecule has 1 aliphatic rings. The third-order valence-corrected chi connectivity index (χ3v) is 8.37. The van der Waals surface area contributed by atoms with Crippen molar-refractivity contribution in [1.29, 1.82) is 0 Å². The van der Waals surface area contributed by atoms with Crippen LogP contribution in [0.4, 0.5) is 0 Å². The fourth-order valence-electron chi connectivity index (χ4n) is 3.55. The Morgan fingerprint density at radius 2 is 1.97 bits per heavy atom. The molecule has 1 fully saturated rings. The van der Waals surface area contributed by atoms with Gasteiger partial charge in [-0.05, 0) is 61.1 Å². The zero-order valence-electron chi connectivity index (χ0n) is 16.9. The molecule has 0 saturated carbocycles. The molecule has 31 heavy (non-hydrogen) atoms. The highest BCUT2D eigenvalue weighted by Crippen LogP contribution is 2.26. The number of thiophene rings is 1. The highest BCUT2D eigenvalue weighted by molar-refractivity contribution is 7.89. The molecule has 2 N–H and O–H groups in total. The molecule has 0 spiro atoms. The van der Waals surface area contributed by atoms with Gasteiger partial charge >= 0.3 is 0 Å². The average Bonchev–Trinajstić information content (AvgIpc) is 3.53. The Morgan fingerprint density at radius 3 is 2.61 bits per heavy atom. The number of carbonyl (C=O) groups excluding carboxylic acids is 1. The van der Waals surface area contributed by atoms with Crippen LogP contribution in [0.1, 0.15) is 31.4 Å². The summed E-state index contributed by atoms with van der Waals surface area (Å²) in [5, 5.41) is 11.9. The predicted octanol–water partition coefficient (Wildman–Crippen LogP) is 3.33. The second-order valence-corrected chi connectivity index (χ2v) is 10.6. The molecule has 11 heteroatoms. The predicted molar refractivity (Wildman–Crippen MR) is 122 cm³/mol. The maximum absolute atomic E-state index is 12.8. The fourth-order valence-corrected chi connectivity index (χ4v) is 6.07. The van der Waals surface area contributed by atoms with Gasteiger partial charge in [0.2, 0.25) is 15.9 Å². The van der Waals surface area contributed by atoms with Gasteiger partial charge in [0.15, 0.2) is 10.6 Å². The monoisotopic (exact) mass is 477 g/mol. The second kappa shape index (κ2) is 9.03. The summed E-state index contributed by atoms with van der Waals surface area (Å²) in [6.07, 6.45) is 1.80. The van der Waals surface area contributed by atoms with Crippen LogP contribution in [-0.4, -0.2) is 46.5 Å². The molecule has 1 atom stereocenters. The topological polar surface area (TPSA) is 100 Å². The lowest BCUT2D eigenvalue weighted by molar-refractivity contribution is -0.124. The van der Waals surface area contributed by atoms with Crippen molar-refractivity contribution in [1.82, 2.24) is 24.4 Å². The smallest absolute Gasteiger partial charge is 0.243 e. The number of benzene rings is 1. The van der Waals surface area contributed by atoms with Gasteiger partial charge in [-0.3, -0.25) is 14.5 Å². The molecular weight excluding hydrogens is 454 g/mol. The molecular formula is C20H23N5O3S3. The Morgan fingerprint density at radius 1 is 1.26 bits per heavy atom. The van der Waals surface area contributed by atoms with E-state index >= 15 is 0 Å². The Labute approximate surface area is 190 Å². The molecule has 1 amide bonds. The molecule has 8 nitrogen and oxygen atoms in total. The lowest BCUT2D eigenvalue weighted by Gasteiger charge is -2.16. The fraction of sp³-hybridized carbons (Fsp3) is 0.350. The SMILES string of the molecule is CC(C(=O)NCc1ccc(S(=O)(=O)N2CCCC2)cc1)n1c(-c2cccs2)n[nH]c1=S. The quantitative estimate of drug-likeness (QED) is 0.509. The van der Waals surface area contributed by atoms with Gasteiger partial charge < -0.3 is 5.32 Å². The molecule has 2 aromatic heterocycles. The van der Waals surface area contributed by atoms with E-state index in [0.717, 1.165) is 23.3 Å². The Balaban J connectivity index is 1.42. The van der Waals surface area contributed by atoms with Crippen molar-refractivity contribution in [3.8, 4) is 10.7 Å². The number of aromatic nitrogens is 3. The molecule has 1 aliphatic heterocycles. The number of aromatic amines is 1. The van der Waals surface area contributed by atoms with Crippen LogP contribution in [0.3, 0.4) is 0 Å². The summed E-state index contributed by atoms with van der Waals surface area (Å²) in [6.45, 7) is 3.19. The van der Waals surface area contributed by atoms with Gasteiger partial charge in [0.1, 0.15) is 6.04 Å². The number of hydrogen-bond acceptors (Lipinski definition) is 6. The summed E-state index contributed by atoms with van der Waals surface area (Å²) in [5.74, 6) is 0.420. The maximum atomic E-state index is 12.8. The summed E-state index contributed by atoms with van der Waals surface area (Å²) in [4.78, 5) is 14.0. The summed E-state index contributed by atoms with van der Waals surface area (Å²) >= 11 is 6.84. The largest absolute Gasteiger partial charge is 0.350 e. The van der Waals surface area contributed by atoms with Gasteiger partial charge in [0.05, 0.1) is 9.77 Å². The Bertz CT molecular complexity index is 1210. The van der Waals surface area contributed by atoms with Crippen molar-refractivity contribution < 1.29 is 13.2 Å². The molecule has 3 aromatic rings. The number of amides is 1. The lowest BCUT2D eigenvalue weighted by atomic mass is 10.2. The number of sulfonamides is 1. The van der Waals surface area contributed by atoms with Crippen LogP contribution < -0.4 is 5.32 Å². The molecule has 1 saturated heterocycles. The Kier molecular flexibility index (Phi) is 6.37. The van der Waals surface area contributed by atoms with E-state index in [1.54, 1.807) is 35.8 Å². The van der Waals surface area contributed by atoms with E-state index in [0.29, 0.717) is 23.7 Å². The number of carbonyl (C=O) groups is 1. The summed E-state index contributed by atoms with van der Waals surface area (Å²) in [6, 6.07) is 9.94. The number of H-pyrrole nitrogens is 1. The zero-order chi connectivity index (χ0) is 22.0. The molecule has 0 radical (unpaired) electrons. The molecule has 1 aromatic carbocycles. The van der Waals surface area contributed by atoms with Crippen LogP contribution in [0.25, 0.3) is 10.7 Å².